The van der Waals surface area contributed by atoms with E-state index >= 15 is 0 Å². The van der Waals surface area contributed by atoms with Crippen molar-refractivity contribution < 1.29 is 9.29 Å². The molecule has 0 fully saturated rings. The zero-order chi connectivity index (χ0) is 12.6. The van der Waals surface area contributed by atoms with Crippen LogP contribution in [0, 0.1) is 5.92 Å². The first kappa shape index (κ1) is 17.3. The van der Waals surface area contributed by atoms with Crippen LogP contribution in [0.15, 0.2) is 21.8 Å². The van der Waals surface area contributed by atoms with Crippen LogP contribution in [0.2, 0.25) is 0 Å². The summed E-state index contributed by atoms with van der Waals surface area (Å²) in [5.74, 6) is 0.244. The van der Waals surface area contributed by atoms with Crippen molar-refractivity contribution in [2.45, 2.75) is 26.4 Å². The normalized spacial score (nSPS) is 17.1. The van der Waals surface area contributed by atoms with Crippen molar-refractivity contribution in [1.29, 1.82) is 0 Å². The topological polar surface area (TPSA) is 29.5 Å². The molecule has 0 unspecified atom stereocenters. The van der Waals surface area contributed by atoms with Crippen molar-refractivity contribution in [2.75, 3.05) is 6.61 Å². The molecule has 0 heterocycles. The number of halogens is 2. The SMILES string of the molecule is B#[S-](I)O[C@@H](CCO)[C@@H](C)/C=C(C)/C=C\I. The molecule has 16 heavy (non-hydrogen) atoms. The summed E-state index contributed by atoms with van der Waals surface area (Å²) >= 11 is 4.24. The Balaban J connectivity index is 4.55. The molecule has 0 aliphatic rings. The predicted molar refractivity (Wildman–Crippen MR) is 89.8 cm³/mol. The fourth-order valence-electron chi connectivity index (χ4n) is 1.32. The van der Waals surface area contributed by atoms with Gasteiger partial charge < -0.3 is 0 Å². The summed E-state index contributed by atoms with van der Waals surface area (Å²) < 4.78 is 7.57. The number of allylic oxidation sites excluding steroid dienone is 2. The molecule has 1 N–H and O–H groups in total. The maximum absolute atomic E-state index is 8.98. The Hall–Kier alpha value is 1.27. The number of aliphatic hydroxyl groups excluding tert-OH is 1. The molecule has 0 aromatic heterocycles. The molecule has 0 amide bonds. The van der Waals surface area contributed by atoms with E-state index in [0.29, 0.717) is 6.42 Å². The van der Waals surface area contributed by atoms with Gasteiger partial charge in [-0.25, -0.2) is 0 Å². The van der Waals surface area contributed by atoms with E-state index in [0.717, 1.165) is 0 Å². The zero-order valence-corrected chi connectivity index (χ0v) is 14.5. The fraction of sp³-hybridized carbons (Fsp3) is 0.600. The van der Waals surface area contributed by atoms with E-state index in [1.807, 2.05) is 38.3 Å². The molecule has 6 heteroatoms. The molecule has 0 aliphatic carbocycles. The third-order valence-corrected chi connectivity index (χ3v) is 3.48. The molecule has 2 atom stereocenters. The summed E-state index contributed by atoms with van der Waals surface area (Å²) in [6.07, 6.45) is 4.77. The summed E-state index contributed by atoms with van der Waals surface area (Å²) in [7, 11) is -0.576. The number of rotatable bonds is 6. The fourth-order valence-corrected chi connectivity index (χ4v) is 3.20. The Kier molecular flexibility index (Phi) is 11.0. The molecule has 2 nitrogen and oxygen atoms in total. The number of hydrogen-bond donors (Lipinski definition) is 1. The predicted octanol–water partition coefficient (Wildman–Crippen LogP) is 3.25. The summed E-state index contributed by atoms with van der Waals surface area (Å²) in [6.45, 7) is 9.88. The van der Waals surface area contributed by atoms with E-state index in [4.69, 9.17) is 15.8 Å². The molecule has 92 valence electrons. The standard InChI is InChI=1S/C10H16BI2O2S/c1-8(3-5-12)7-9(2)10(4-6-14)15-16(11)13/h3,5,7,9-10,14H,4,6H2,1-2H3/q-1/b5-3-,8-7+/t9-,10-/m0/s1. The quantitative estimate of drug-likeness (QED) is 0.283. The second-order valence-corrected chi connectivity index (χ2v) is 7.47. The summed E-state index contributed by atoms with van der Waals surface area (Å²) in [6, 6.07) is 0. The molecular weight excluding hydrogens is 449 g/mol. The van der Waals surface area contributed by atoms with Gasteiger partial charge in [-0.05, 0) is 0 Å². The van der Waals surface area contributed by atoms with E-state index in [1.165, 1.54) is 5.57 Å². The molecule has 0 rings (SSSR count). The summed E-state index contributed by atoms with van der Waals surface area (Å²) in [4.78, 5) is 0. The number of hydrogen-bond acceptors (Lipinski definition) is 3. The van der Waals surface area contributed by atoms with Gasteiger partial charge in [0.15, 0.2) is 0 Å². The second kappa shape index (κ2) is 10.2. The van der Waals surface area contributed by atoms with Gasteiger partial charge in [-0.15, -0.1) is 0 Å². The first-order valence-electron chi connectivity index (χ1n) is 4.89. The van der Waals surface area contributed by atoms with Crippen molar-refractivity contribution in [3.05, 3.63) is 21.8 Å². The molecule has 0 saturated carbocycles. The minimum absolute atomic E-state index is 0.0206. The second-order valence-electron chi connectivity index (χ2n) is 3.46. The van der Waals surface area contributed by atoms with Crippen molar-refractivity contribution in [3.63, 3.8) is 0 Å². The molecule has 0 radical (unpaired) electrons. The monoisotopic (exact) mass is 465 g/mol. The Morgan fingerprint density at radius 1 is 1.62 bits per heavy atom. The van der Waals surface area contributed by atoms with E-state index in [1.54, 1.807) is 0 Å². The Bertz CT molecular complexity index is 323. The minimum atomic E-state index is -0.576. The van der Waals surface area contributed by atoms with E-state index in [2.05, 4.69) is 35.6 Å². The van der Waals surface area contributed by atoms with Crippen LogP contribution in [0.1, 0.15) is 20.3 Å². The van der Waals surface area contributed by atoms with Crippen molar-refractivity contribution in [1.82, 2.24) is 0 Å². The van der Waals surface area contributed by atoms with Crippen LogP contribution in [0.3, 0.4) is 0 Å². The van der Waals surface area contributed by atoms with Crippen LogP contribution in [0.25, 0.3) is 0 Å². The van der Waals surface area contributed by atoms with Crippen LogP contribution in [0.4, 0.5) is 0 Å². The first-order valence-corrected chi connectivity index (χ1v) is 9.89. The van der Waals surface area contributed by atoms with Gasteiger partial charge >= 0.3 is 128 Å². The summed E-state index contributed by atoms with van der Waals surface area (Å²) in [5, 5.41) is 8.98. The van der Waals surface area contributed by atoms with E-state index < -0.39 is 7.58 Å². The molecule has 0 aromatic rings. The van der Waals surface area contributed by atoms with Gasteiger partial charge in [-0.1, -0.05) is 0 Å². The van der Waals surface area contributed by atoms with Crippen molar-refractivity contribution >= 4 is 57.9 Å². The molecule has 0 saturated heterocycles. The van der Waals surface area contributed by atoms with E-state index in [-0.39, 0.29) is 18.6 Å². The third-order valence-electron chi connectivity index (χ3n) is 2.07. The Morgan fingerprint density at radius 3 is 2.69 bits per heavy atom. The molecule has 0 bridgehead atoms. The average Bonchev–Trinajstić information content (AvgIpc) is 2.16. The Morgan fingerprint density at radius 2 is 2.25 bits per heavy atom. The van der Waals surface area contributed by atoms with Gasteiger partial charge in [-0.3, -0.25) is 0 Å². The van der Waals surface area contributed by atoms with Gasteiger partial charge in [0.25, 0.3) is 0 Å². The summed E-state index contributed by atoms with van der Waals surface area (Å²) in [5.41, 5.74) is 1.19. The Labute approximate surface area is 127 Å². The van der Waals surface area contributed by atoms with Gasteiger partial charge in [0.2, 0.25) is 0 Å². The molecule has 0 aliphatic heterocycles. The van der Waals surface area contributed by atoms with E-state index in [9.17, 15) is 0 Å². The van der Waals surface area contributed by atoms with Gasteiger partial charge in [0, 0.05) is 0 Å². The van der Waals surface area contributed by atoms with Crippen LogP contribution in [0.5, 0.6) is 0 Å². The molecular formula is C10H16BI2O2S-. The third kappa shape index (κ3) is 8.38. The van der Waals surface area contributed by atoms with Gasteiger partial charge in [0.1, 0.15) is 0 Å². The first-order chi connectivity index (χ1) is 7.51. The van der Waals surface area contributed by atoms with Crippen molar-refractivity contribution in [2.24, 2.45) is 5.92 Å². The van der Waals surface area contributed by atoms with Crippen LogP contribution in [-0.2, 0) is 11.8 Å². The average molecular weight is 465 g/mol. The molecule has 0 spiro atoms. The van der Waals surface area contributed by atoms with Gasteiger partial charge in [0.05, 0.1) is 0 Å². The molecule has 0 aromatic carbocycles. The van der Waals surface area contributed by atoms with Gasteiger partial charge in [-0.2, -0.15) is 0 Å². The maximum atomic E-state index is 8.98. The zero-order valence-electron chi connectivity index (χ0n) is 9.40. The van der Waals surface area contributed by atoms with Crippen LogP contribution in [-0.4, -0.2) is 24.3 Å². The van der Waals surface area contributed by atoms with Crippen molar-refractivity contribution in [3.8, 4) is 0 Å². The number of aliphatic hydroxyl groups is 1. The van der Waals surface area contributed by atoms with Crippen LogP contribution < -0.4 is 0 Å². The van der Waals surface area contributed by atoms with Crippen LogP contribution >= 0.6 is 43.8 Å².